The first kappa shape index (κ1) is 13.7. The van der Waals surface area contributed by atoms with Crippen LogP contribution in [0.15, 0.2) is 41.4 Å². The van der Waals surface area contributed by atoms with Crippen molar-refractivity contribution in [3.63, 3.8) is 0 Å². The monoisotopic (exact) mass is 302 g/mol. The predicted octanol–water partition coefficient (Wildman–Crippen LogP) is 1.86. The van der Waals surface area contributed by atoms with E-state index in [4.69, 9.17) is 0 Å². The fraction of sp³-hybridized carbons (Fsp3) is 0.214. The lowest BCUT2D eigenvalue weighted by Crippen LogP contribution is -2.32. The molecule has 7 heteroatoms. The molecule has 0 spiro atoms. The Hall–Kier alpha value is -2.28. The highest BCUT2D eigenvalue weighted by Gasteiger charge is 2.28. The molecule has 2 amide bonds. The van der Waals surface area contributed by atoms with E-state index in [2.05, 4.69) is 15.7 Å². The lowest BCUT2D eigenvalue weighted by atomic mass is 10.2. The third-order valence-corrected chi connectivity index (χ3v) is 4.33. The summed E-state index contributed by atoms with van der Waals surface area (Å²) in [5, 5.41) is 9.16. The Morgan fingerprint density at radius 2 is 2.24 bits per heavy atom. The third kappa shape index (κ3) is 3.08. The van der Waals surface area contributed by atoms with Crippen molar-refractivity contribution < 1.29 is 9.59 Å². The molecule has 1 aromatic carbocycles. The fourth-order valence-electron chi connectivity index (χ4n) is 2.07. The molecule has 2 heterocycles. The molecule has 0 unspecified atom stereocenters. The van der Waals surface area contributed by atoms with E-state index < -0.39 is 5.25 Å². The van der Waals surface area contributed by atoms with Crippen molar-refractivity contribution in [3.8, 4) is 0 Å². The number of nitrogens with one attached hydrogen (secondary N) is 2. The summed E-state index contributed by atoms with van der Waals surface area (Å²) in [5.74, 6) is 0.125. The largest absolute Gasteiger partial charge is 0.324 e. The lowest BCUT2D eigenvalue weighted by Gasteiger charge is -2.23. The van der Waals surface area contributed by atoms with Crippen LogP contribution >= 0.6 is 11.8 Å². The van der Waals surface area contributed by atoms with Gasteiger partial charge in [-0.3, -0.25) is 14.3 Å². The average molecular weight is 302 g/mol. The van der Waals surface area contributed by atoms with Gasteiger partial charge >= 0.3 is 0 Å². The number of carbonyl (C=O) groups excluding carboxylic acids is 2. The third-order valence-electron chi connectivity index (χ3n) is 3.06. The number of aromatic nitrogens is 2. The second-order valence-corrected chi connectivity index (χ2v) is 5.96. The van der Waals surface area contributed by atoms with Gasteiger partial charge in [0.1, 0.15) is 0 Å². The van der Waals surface area contributed by atoms with Gasteiger partial charge in [-0.25, -0.2) is 0 Å². The van der Waals surface area contributed by atoms with Crippen LogP contribution in [0, 0.1) is 0 Å². The molecule has 3 rings (SSSR count). The average Bonchev–Trinajstić information content (AvgIpc) is 2.85. The predicted molar refractivity (Wildman–Crippen MR) is 81.2 cm³/mol. The second-order valence-electron chi connectivity index (χ2n) is 4.72. The number of rotatable bonds is 3. The number of hydrogen-bond acceptors (Lipinski definition) is 4. The zero-order valence-electron chi connectivity index (χ0n) is 11.4. The summed E-state index contributed by atoms with van der Waals surface area (Å²) in [5.41, 5.74) is 0.800. The van der Waals surface area contributed by atoms with Crippen LogP contribution < -0.4 is 10.6 Å². The second kappa shape index (κ2) is 5.61. The van der Waals surface area contributed by atoms with E-state index in [-0.39, 0.29) is 18.2 Å². The van der Waals surface area contributed by atoms with E-state index in [1.165, 1.54) is 11.8 Å². The summed E-state index contributed by atoms with van der Waals surface area (Å²) in [7, 11) is 1.77. The highest BCUT2D eigenvalue weighted by molar-refractivity contribution is 8.01. The Morgan fingerprint density at radius 3 is 3.00 bits per heavy atom. The minimum atomic E-state index is -0.427. The zero-order chi connectivity index (χ0) is 14.8. The quantitative estimate of drug-likeness (QED) is 0.907. The fourth-order valence-corrected chi connectivity index (χ4v) is 3.18. The molecule has 21 heavy (non-hydrogen) atoms. The molecule has 0 fully saturated rings. The SMILES string of the molecule is Cn1ccc(NC(=O)C[C@H]2Sc3ccccc3NC2=O)n1. The summed E-state index contributed by atoms with van der Waals surface area (Å²) in [6.07, 6.45) is 1.86. The molecule has 1 aromatic heterocycles. The van der Waals surface area contributed by atoms with Gasteiger partial charge in [0.15, 0.2) is 5.82 Å². The summed E-state index contributed by atoms with van der Waals surface area (Å²) in [6.45, 7) is 0. The number of para-hydroxylation sites is 1. The number of carbonyl (C=O) groups is 2. The molecule has 1 aliphatic rings. The molecule has 0 saturated carbocycles. The van der Waals surface area contributed by atoms with E-state index >= 15 is 0 Å². The molecule has 1 aliphatic heterocycles. The zero-order valence-corrected chi connectivity index (χ0v) is 12.2. The topological polar surface area (TPSA) is 76.0 Å². The van der Waals surface area contributed by atoms with Gasteiger partial charge in [0.2, 0.25) is 11.8 Å². The van der Waals surface area contributed by atoms with E-state index in [0.717, 1.165) is 10.6 Å². The van der Waals surface area contributed by atoms with Gasteiger partial charge in [0, 0.05) is 30.6 Å². The number of fused-ring (bicyclic) bond motifs is 1. The summed E-state index contributed by atoms with van der Waals surface area (Å²) in [4.78, 5) is 25.0. The van der Waals surface area contributed by atoms with Gasteiger partial charge in [-0.05, 0) is 12.1 Å². The van der Waals surface area contributed by atoms with Gasteiger partial charge in [-0.2, -0.15) is 5.10 Å². The van der Waals surface area contributed by atoms with Crippen molar-refractivity contribution in [2.24, 2.45) is 7.05 Å². The number of anilines is 2. The standard InChI is InChI=1S/C14H14N4O2S/c1-18-7-6-12(17-18)16-13(19)8-11-14(20)15-9-4-2-3-5-10(9)21-11/h2-7,11H,8H2,1H3,(H,15,20)(H,16,17,19)/t11-/m1/s1. The van der Waals surface area contributed by atoms with Gasteiger partial charge < -0.3 is 10.6 Å². The van der Waals surface area contributed by atoms with Crippen molar-refractivity contribution in [2.45, 2.75) is 16.6 Å². The number of nitrogens with zero attached hydrogens (tertiary/aromatic N) is 2. The molecule has 0 aliphatic carbocycles. The Kier molecular flexibility index (Phi) is 3.66. The van der Waals surface area contributed by atoms with Crippen LogP contribution in [0.3, 0.4) is 0 Å². The van der Waals surface area contributed by atoms with Crippen molar-refractivity contribution >= 4 is 35.1 Å². The molecule has 6 nitrogen and oxygen atoms in total. The van der Waals surface area contributed by atoms with Crippen LogP contribution in [0.25, 0.3) is 0 Å². The first-order chi connectivity index (χ1) is 10.1. The van der Waals surface area contributed by atoms with Gasteiger partial charge in [-0.15, -0.1) is 11.8 Å². The Bertz CT molecular complexity index is 698. The number of hydrogen-bond donors (Lipinski definition) is 2. The van der Waals surface area contributed by atoms with Gasteiger partial charge in [-0.1, -0.05) is 12.1 Å². The molecule has 2 N–H and O–H groups in total. The highest BCUT2D eigenvalue weighted by atomic mass is 32.2. The summed E-state index contributed by atoms with van der Waals surface area (Å²) >= 11 is 1.41. The van der Waals surface area contributed by atoms with Crippen LogP contribution in [-0.4, -0.2) is 26.8 Å². The number of benzene rings is 1. The highest BCUT2D eigenvalue weighted by Crippen LogP contribution is 2.36. The lowest BCUT2D eigenvalue weighted by molar-refractivity contribution is -0.120. The molecule has 0 bridgehead atoms. The number of thioether (sulfide) groups is 1. The van der Waals surface area contributed by atoms with Crippen molar-refractivity contribution in [2.75, 3.05) is 10.6 Å². The van der Waals surface area contributed by atoms with Gasteiger partial charge in [0.05, 0.1) is 10.9 Å². The maximum absolute atomic E-state index is 12.0. The molecule has 0 radical (unpaired) electrons. The first-order valence-corrected chi connectivity index (χ1v) is 7.36. The maximum Gasteiger partial charge on any atom is 0.238 e. The maximum atomic E-state index is 12.0. The number of aryl methyl sites for hydroxylation is 1. The molecular weight excluding hydrogens is 288 g/mol. The van der Waals surface area contributed by atoms with Crippen molar-refractivity contribution in [1.82, 2.24) is 9.78 Å². The van der Waals surface area contributed by atoms with Crippen LogP contribution in [-0.2, 0) is 16.6 Å². The van der Waals surface area contributed by atoms with E-state index in [1.54, 1.807) is 24.0 Å². The first-order valence-electron chi connectivity index (χ1n) is 6.48. The molecular formula is C14H14N4O2S. The van der Waals surface area contributed by atoms with E-state index in [0.29, 0.717) is 5.82 Å². The molecule has 1 atom stereocenters. The summed E-state index contributed by atoms with van der Waals surface area (Å²) in [6, 6.07) is 9.27. The van der Waals surface area contributed by atoms with Crippen molar-refractivity contribution in [1.29, 1.82) is 0 Å². The van der Waals surface area contributed by atoms with Gasteiger partial charge in [0.25, 0.3) is 0 Å². The van der Waals surface area contributed by atoms with Crippen LogP contribution in [0.1, 0.15) is 6.42 Å². The van der Waals surface area contributed by atoms with Crippen LogP contribution in [0.5, 0.6) is 0 Å². The van der Waals surface area contributed by atoms with Crippen LogP contribution in [0.2, 0.25) is 0 Å². The van der Waals surface area contributed by atoms with Crippen molar-refractivity contribution in [3.05, 3.63) is 36.5 Å². The smallest absolute Gasteiger partial charge is 0.238 e. The Balaban J connectivity index is 1.65. The summed E-state index contributed by atoms with van der Waals surface area (Å²) < 4.78 is 1.61. The van der Waals surface area contributed by atoms with E-state index in [1.807, 2.05) is 24.3 Å². The minimum Gasteiger partial charge on any atom is -0.324 e. The molecule has 0 saturated heterocycles. The number of amides is 2. The normalized spacial score (nSPS) is 17.0. The Labute approximate surface area is 125 Å². The minimum absolute atomic E-state index is 0.113. The molecule has 108 valence electrons. The van der Waals surface area contributed by atoms with Crippen LogP contribution in [0.4, 0.5) is 11.5 Å². The molecule has 2 aromatic rings. The Morgan fingerprint density at radius 1 is 1.43 bits per heavy atom. The van der Waals surface area contributed by atoms with E-state index in [9.17, 15) is 9.59 Å².